The summed E-state index contributed by atoms with van der Waals surface area (Å²) >= 11 is 0. The molecule has 0 saturated carbocycles. The average Bonchev–Trinajstić information content (AvgIpc) is 3.08. The molecule has 4 heterocycles. The number of alkyl halides is 2. The fraction of sp³-hybridized carbons (Fsp3) is 0.476. The Balaban J connectivity index is 1.70. The molecule has 2 fully saturated rings. The molecule has 0 aromatic carbocycles. The first-order valence-electron chi connectivity index (χ1n) is 9.86. The second-order valence-corrected chi connectivity index (χ2v) is 8.10. The second kappa shape index (κ2) is 7.56. The summed E-state index contributed by atoms with van der Waals surface area (Å²) in [5.74, 6) is -1.08. The second-order valence-electron chi connectivity index (χ2n) is 8.10. The van der Waals surface area contributed by atoms with Gasteiger partial charge in [0.15, 0.2) is 0 Å². The minimum absolute atomic E-state index is 0.0520. The van der Waals surface area contributed by atoms with Gasteiger partial charge in [0.2, 0.25) is 0 Å². The zero-order chi connectivity index (χ0) is 20.5. The van der Waals surface area contributed by atoms with Crippen LogP contribution in [0.5, 0.6) is 0 Å². The van der Waals surface area contributed by atoms with Crippen molar-refractivity contribution in [1.82, 2.24) is 15.3 Å². The molecule has 2 saturated heterocycles. The number of nitrogens with zero attached hydrogens (tertiary/aromatic N) is 4. The number of pyridine rings is 2. The number of rotatable bonds is 4. The molecule has 0 aliphatic carbocycles. The summed E-state index contributed by atoms with van der Waals surface area (Å²) in [5, 5.41) is 15.6. The highest BCUT2D eigenvalue weighted by Crippen LogP contribution is 2.38. The molecule has 0 atom stereocenters. The van der Waals surface area contributed by atoms with Crippen LogP contribution in [-0.4, -0.2) is 42.1 Å². The van der Waals surface area contributed by atoms with Crippen LogP contribution in [0, 0.1) is 11.3 Å². The van der Waals surface area contributed by atoms with Gasteiger partial charge in [-0.3, -0.25) is 0 Å². The van der Waals surface area contributed by atoms with Crippen molar-refractivity contribution in [3.05, 3.63) is 41.6 Å². The molecular weight excluding hydrogens is 374 g/mol. The van der Waals surface area contributed by atoms with E-state index in [0.29, 0.717) is 23.0 Å². The summed E-state index contributed by atoms with van der Waals surface area (Å²) in [6.07, 6.45) is 3.33. The van der Waals surface area contributed by atoms with E-state index in [4.69, 9.17) is 5.26 Å². The predicted octanol–water partition coefficient (Wildman–Crippen LogP) is 3.58. The topological polar surface area (TPSA) is 76.9 Å². The average molecular weight is 398 g/mol. The molecule has 2 aliphatic rings. The third kappa shape index (κ3) is 4.30. The van der Waals surface area contributed by atoms with Crippen LogP contribution < -0.4 is 15.5 Å². The smallest absolute Gasteiger partial charge is 0.266 e. The molecule has 0 radical (unpaired) electrons. The lowest BCUT2D eigenvalue weighted by Gasteiger charge is -2.35. The number of hydrogen-bond acceptors (Lipinski definition) is 6. The van der Waals surface area contributed by atoms with Crippen LogP contribution in [0.1, 0.15) is 37.3 Å². The third-order valence-electron chi connectivity index (χ3n) is 5.85. The van der Waals surface area contributed by atoms with Crippen LogP contribution in [0.15, 0.2) is 30.5 Å². The molecule has 152 valence electrons. The largest absolute Gasteiger partial charge is 0.350 e. The molecule has 2 aromatic heterocycles. The maximum atomic E-state index is 13.8. The van der Waals surface area contributed by atoms with E-state index in [1.54, 1.807) is 23.2 Å². The molecular formula is C21H24F2N6. The fourth-order valence-corrected chi connectivity index (χ4v) is 3.99. The lowest BCUT2D eigenvalue weighted by molar-refractivity contribution is 0.0256. The van der Waals surface area contributed by atoms with Gasteiger partial charge in [0.25, 0.3) is 5.92 Å². The molecule has 2 aromatic rings. The highest BCUT2D eigenvalue weighted by molar-refractivity contribution is 5.59. The van der Waals surface area contributed by atoms with Crippen molar-refractivity contribution in [2.75, 3.05) is 36.4 Å². The Labute approximate surface area is 169 Å². The van der Waals surface area contributed by atoms with Gasteiger partial charge in [-0.25, -0.2) is 18.7 Å². The number of halogens is 2. The maximum Gasteiger partial charge on any atom is 0.266 e. The summed E-state index contributed by atoms with van der Waals surface area (Å²) in [7, 11) is 0. The monoisotopic (exact) mass is 398 g/mol. The first-order valence-corrected chi connectivity index (χ1v) is 9.86. The predicted molar refractivity (Wildman–Crippen MR) is 108 cm³/mol. The lowest BCUT2D eigenvalue weighted by Crippen LogP contribution is -2.38. The van der Waals surface area contributed by atoms with E-state index in [-0.39, 0.29) is 24.9 Å². The summed E-state index contributed by atoms with van der Waals surface area (Å²) in [4.78, 5) is 10.5. The van der Waals surface area contributed by atoms with E-state index in [1.165, 1.54) is 0 Å². The van der Waals surface area contributed by atoms with Crippen molar-refractivity contribution in [2.24, 2.45) is 0 Å². The summed E-state index contributed by atoms with van der Waals surface area (Å²) in [5.41, 5.74) is 1.52. The SMILES string of the molecule is CC1(c2cc(Nc3cc(C#N)ccn3)nc(N3CCC(F)(F)C3)c2)CCNCC1. The van der Waals surface area contributed by atoms with Gasteiger partial charge in [0, 0.05) is 19.2 Å². The molecule has 0 unspecified atom stereocenters. The van der Waals surface area contributed by atoms with E-state index < -0.39 is 5.92 Å². The zero-order valence-electron chi connectivity index (χ0n) is 16.4. The fourth-order valence-electron chi connectivity index (χ4n) is 3.99. The van der Waals surface area contributed by atoms with Crippen LogP contribution in [0.25, 0.3) is 0 Å². The molecule has 0 amide bonds. The standard InChI is InChI=1S/C21H24F2N6/c1-20(3-7-25-8-4-20)16-11-18(27-17-10-15(13-24)2-6-26-17)28-19(12-16)29-9-5-21(22,23)14-29/h2,6,10-12,25H,3-5,7-9,14H2,1H3,(H,26,27,28). The van der Waals surface area contributed by atoms with E-state index in [9.17, 15) is 8.78 Å². The van der Waals surface area contributed by atoms with Crippen LogP contribution >= 0.6 is 0 Å². The Hall–Kier alpha value is -2.79. The zero-order valence-corrected chi connectivity index (χ0v) is 16.4. The molecule has 4 rings (SSSR count). The van der Waals surface area contributed by atoms with Crippen LogP contribution in [0.4, 0.5) is 26.2 Å². The van der Waals surface area contributed by atoms with Crippen molar-refractivity contribution in [1.29, 1.82) is 5.26 Å². The lowest BCUT2D eigenvalue weighted by atomic mass is 9.75. The highest BCUT2D eigenvalue weighted by atomic mass is 19.3. The number of nitrogens with one attached hydrogen (secondary N) is 2. The number of hydrogen-bond donors (Lipinski definition) is 2. The first kappa shape index (κ1) is 19.5. The van der Waals surface area contributed by atoms with Gasteiger partial charge >= 0.3 is 0 Å². The van der Waals surface area contributed by atoms with Gasteiger partial charge in [0.05, 0.1) is 18.2 Å². The van der Waals surface area contributed by atoms with Gasteiger partial charge in [-0.15, -0.1) is 0 Å². The van der Waals surface area contributed by atoms with Gasteiger partial charge in [-0.05, 0) is 61.2 Å². The number of aromatic nitrogens is 2. The molecule has 29 heavy (non-hydrogen) atoms. The molecule has 0 bridgehead atoms. The Morgan fingerprint density at radius 1 is 1.17 bits per heavy atom. The Kier molecular flexibility index (Phi) is 5.09. The van der Waals surface area contributed by atoms with Gasteiger partial charge < -0.3 is 15.5 Å². The number of piperidine rings is 1. The quantitative estimate of drug-likeness (QED) is 0.820. The van der Waals surface area contributed by atoms with Crippen LogP contribution in [0.2, 0.25) is 0 Å². The number of nitriles is 1. The third-order valence-corrected chi connectivity index (χ3v) is 5.85. The molecule has 0 spiro atoms. The van der Waals surface area contributed by atoms with Gasteiger partial charge in [-0.1, -0.05) is 6.92 Å². The maximum absolute atomic E-state index is 13.8. The highest BCUT2D eigenvalue weighted by Gasteiger charge is 2.39. The van der Waals surface area contributed by atoms with E-state index in [0.717, 1.165) is 31.5 Å². The van der Waals surface area contributed by atoms with E-state index in [1.807, 2.05) is 12.1 Å². The number of anilines is 3. The Morgan fingerprint density at radius 3 is 2.66 bits per heavy atom. The Morgan fingerprint density at radius 2 is 1.97 bits per heavy atom. The molecule has 2 N–H and O–H groups in total. The molecule has 2 aliphatic heterocycles. The summed E-state index contributed by atoms with van der Waals surface area (Å²) < 4.78 is 27.6. The summed E-state index contributed by atoms with van der Waals surface area (Å²) in [6, 6.07) is 9.29. The molecule has 6 nitrogen and oxygen atoms in total. The van der Waals surface area contributed by atoms with Crippen LogP contribution in [0.3, 0.4) is 0 Å². The minimum Gasteiger partial charge on any atom is -0.350 e. The normalized spacial score (nSPS) is 20.3. The van der Waals surface area contributed by atoms with E-state index in [2.05, 4.69) is 33.6 Å². The minimum atomic E-state index is -2.69. The van der Waals surface area contributed by atoms with Gasteiger partial charge in [-0.2, -0.15) is 5.26 Å². The first-order chi connectivity index (χ1) is 13.9. The summed E-state index contributed by atoms with van der Waals surface area (Å²) in [6.45, 7) is 4.02. The molecule has 8 heteroatoms. The van der Waals surface area contributed by atoms with E-state index >= 15 is 0 Å². The van der Waals surface area contributed by atoms with Gasteiger partial charge in [0.1, 0.15) is 17.5 Å². The Bertz CT molecular complexity index is 933. The van der Waals surface area contributed by atoms with Crippen molar-refractivity contribution in [2.45, 2.75) is 37.5 Å². The van der Waals surface area contributed by atoms with Crippen LogP contribution in [-0.2, 0) is 5.41 Å². The van der Waals surface area contributed by atoms with Crippen molar-refractivity contribution >= 4 is 17.5 Å². The van der Waals surface area contributed by atoms with Crippen molar-refractivity contribution < 1.29 is 8.78 Å². The van der Waals surface area contributed by atoms with Crippen molar-refractivity contribution in [3.63, 3.8) is 0 Å². The van der Waals surface area contributed by atoms with Crippen molar-refractivity contribution in [3.8, 4) is 6.07 Å².